The minimum atomic E-state index is 0.170. The van der Waals surface area contributed by atoms with Gasteiger partial charge in [0.1, 0.15) is 11.2 Å². The van der Waals surface area contributed by atoms with Crippen molar-refractivity contribution in [3.63, 3.8) is 0 Å². The van der Waals surface area contributed by atoms with Crippen molar-refractivity contribution in [1.29, 1.82) is 0 Å². The van der Waals surface area contributed by atoms with E-state index < -0.39 is 0 Å². The summed E-state index contributed by atoms with van der Waals surface area (Å²) in [7, 11) is 0. The van der Waals surface area contributed by atoms with Crippen LogP contribution < -0.4 is 0 Å². The zero-order chi connectivity index (χ0) is 38.4. The van der Waals surface area contributed by atoms with Crippen LogP contribution in [-0.2, 0) is 0 Å². The van der Waals surface area contributed by atoms with Crippen molar-refractivity contribution in [3.05, 3.63) is 182 Å². The SMILES string of the molecule is [2H]c1c(-c2ccc3oc4cc5ccccc5cc4c3c2)c([2H])c(-c2ccc3ccc4cccc5ccc2c3c45)c([2H])c1-c1ccc2ccc3cccc4ccc1c2c34. The van der Waals surface area contributed by atoms with Crippen molar-refractivity contribution in [2.24, 2.45) is 0 Å². The van der Waals surface area contributed by atoms with Crippen molar-refractivity contribution in [2.45, 2.75) is 0 Å². The maximum Gasteiger partial charge on any atom is 0.136 e. The summed E-state index contributed by atoms with van der Waals surface area (Å²) < 4.78 is 36.8. The Morgan fingerprint density at radius 2 is 0.745 bits per heavy atom. The lowest BCUT2D eigenvalue weighted by atomic mass is 9.86. The van der Waals surface area contributed by atoms with Gasteiger partial charge in [-0.3, -0.25) is 0 Å². The van der Waals surface area contributed by atoms with Gasteiger partial charge in [0.2, 0.25) is 0 Å². The number of hydrogen-bond donors (Lipinski definition) is 0. The van der Waals surface area contributed by atoms with Gasteiger partial charge in [-0.05, 0) is 151 Å². The number of hydrogen-bond acceptors (Lipinski definition) is 1. The molecule has 55 heavy (non-hydrogen) atoms. The fourth-order valence-corrected chi connectivity index (χ4v) is 9.41. The second kappa shape index (κ2) is 10.7. The quantitative estimate of drug-likeness (QED) is 0.168. The lowest BCUT2D eigenvalue weighted by Crippen LogP contribution is -1.91. The smallest absolute Gasteiger partial charge is 0.136 e. The standard InChI is InChI=1S/C54H30O/c1-2-6-38-30-50-48(28-37(38)5-1)47-29-39(19-24-49(47)55-50)40-25-41(43-20-15-35-13-11-31-7-3-9-33-17-22-45(43)53(35)51(31)33)27-42(26-40)44-21-16-36-14-12-32-8-4-10-34-18-23-46(44)54(36)52(32)34/h1-30H/i25D,26D,27D. The third-order valence-corrected chi connectivity index (χ3v) is 12.0. The average Bonchev–Trinajstić information content (AvgIpc) is 3.61. The molecule has 0 bridgehead atoms. The first-order valence-corrected chi connectivity index (χ1v) is 18.8. The second-order valence-electron chi connectivity index (χ2n) is 14.9. The molecule has 0 saturated heterocycles. The summed E-state index contributed by atoms with van der Waals surface area (Å²) in [6.07, 6.45) is 0. The van der Waals surface area contributed by atoms with Gasteiger partial charge in [-0.1, -0.05) is 140 Å². The van der Waals surface area contributed by atoms with Crippen LogP contribution in [0.4, 0.5) is 0 Å². The third kappa shape index (κ3) is 4.13. The predicted octanol–water partition coefficient (Wildman–Crippen LogP) is 15.5. The van der Waals surface area contributed by atoms with Crippen LogP contribution in [0.3, 0.4) is 0 Å². The van der Waals surface area contributed by atoms with Crippen LogP contribution in [0.5, 0.6) is 0 Å². The van der Waals surface area contributed by atoms with E-state index in [9.17, 15) is 4.11 Å². The summed E-state index contributed by atoms with van der Waals surface area (Å²) >= 11 is 0. The molecule has 0 spiro atoms. The van der Waals surface area contributed by atoms with Gasteiger partial charge >= 0.3 is 0 Å². The molecule has 252 valence electrons. The first kappa shape index (κ1) is 26.5. The molecule has 0 aliphatic heterocycles. The van der Waals surface area contributed by atoms with Crippen LogP contribution in [0.25, 0.3) is 131 Å². The summed E-state index contributed by atoms with van der Waals surface area (Å²) in [4.78, 5) is 0. The van der Waals surface area contributed by atoms with Crippen molar-refractivity contribution >= 4 is 97.3 Å². The molecular weight excluding hydrogens is 665 g/mol. The highest BCUT2D eigenvalue weighted by Crippen LogP contribution is 2.45. The van der Waals surface area contributed by atoms with Crippen LogP contribution in [0.2, 0.25) is 0 Å². The van der Waals surface area contributed by atoms with Crippen molar-refractivity contribution in [2.75, 3.05) is 0 Å². The van der Waals surface area contributed by atoms with Crippen molar-refractivity contribution < 1.29 is 8.53 Å². The molecule has 1 heteroatoms. The number of fused-ring (bicyclic) bond motifs is 4. The molecule has 13 rings (SSSR count). The first-order valence-electron chi connectivity index (χ1n) is 20.3. The summed E-state index contributed by atoms with van der Waals surface area (Å²) in [5, 5.41) is 17.7. The molecule has 0 N–H and O–H groups in total. The molecular formula is C54H30O. The van der Waals surface area contributed by atoms with E-state index in [0.29, 0.717) is 16.7 Å². The Morgan fingerprint density at radius 3 is 1.33 bits per heavy atom. The molecule has 0 aliphatic rings. The first-order chi connectivity index (χ1) is 28.5. The Morgan fingerprint density at radius 1 is 0.291 bits per heavy atom. The summed E-state index contributed by atoms with van der Waals surface area (Å²) in [5.74, 6) is 0. The van der Waals surface area contributed by atoms with E-state index in [1.54, 1.807) is 0 Å². The molecule has 0 atom stereocenters. The minimum Gasteiger partial charge on any atom is -0.456 e. The third-order valence-electron chi connectivity index (χ3n) is 12.0. The van der Waals surface area contributed by atoms with Gasteiger partial charge in [0, 0.05) is 10.8 Å². The monoisotopic (exact) mass is 697 g/mol. The van der Waals surface area contributed by atoms with Crippen molar-refractivity contribution in [3.8, 4) is 33.4 Å². The minimum absolute atomic E-state index is 0.170. The Hall–Kier alpha value is -7.22. The molecule has 0 saturated carbocycles. The lowest BCUT2D eigenvalue weighted by Gasteiger charge is -2.18. The van der Waals surface area contributed by atoms with Gasteiger partial charge in [0.05, 0.1) is 4.11 Å². The number of furan rings is 1. The van der Waals surface area contributed by atoms with Crippen LogP contribution in [0, 0.1) is 0 Å². The van der Waals surface area contributed by atoms with E-state index >= 15 is 0 Å². The second-order valence-corrected chi connectivity index (χ2v) is 14.9. The molecule has 0 aliphatic carbocycles. The number of rotatable bonds is 3. The largest absolute Gasteiger partial charge is 0.456 e. The van der Waals surface area contributed by atoms with Gasteiger partial charge in [-0.25, -0.2) is 0 Å². The van der Waals surface area contributed by atoms with Gasteiger partial charge < -0.3 is 4.42 Å². The molecule has 1 heterocycles. The molecule has 0 fully saturated rings. The molecule has 12 aromatic carbocycles. The normalized spacial score (nSPS) is 13.1. The fourth-order valence-electron chi connectivity index (χ4n) is 9.41. The molecule has 1 aromatic heterocycles. The fraction of sp³-hybridized carbons (Fsp3) is 0. The maximum absolute atomic E-state index is 10.2. The summed E-state index contributed by atoms with van der Waals surface area (Å²) in [6, 6.07) is 57.6. The van der Waals surface area contributed by atoms with E-state index in [0.717, 1.165) is 103 Å². The zero-order valence-electron chi connectivity index (χ0n) is 32.5. The highest BCUT2D eigenvalue weighted by Gasteiger charge is 2.18. The Labute approximate surface area is 320 Å². The van der Waals surface area contributed by atoms with Crippen LogP contribution in [-0.4, -0.2) is 0 Å². The summed E-state index contributed by atoms with van der Waals surface area (Å²) in [6.45, 7) is 0. The molecule has 0 unspecified atom stereocenters. The van der Waals surface area contributed by atoms with Gasteiger partial charge in [-0.15, -0.1) is 0 Å². The van der Waals surface area contributed by atoms with E-state index in [-0.39, 0.29) is 18.1 Å². The zero-order valence-corrected chi connectivity index (χ0v) is 29.5. The Kier molecular flexibility index (Phi) is 5.15. The molecule has 0 amide bonds. The number of benzene rings is 12. The highest BCUT2D eigenvalue weighted by molar-refractivity contribution is 6.27. The summed E-state index contributed by atoms with van der Waals surface area (Å²) in [5.41, 5.74) is 5.48. The van der Waals surface area contributed by atoms with Crippen LogP contribution in [0.15, 0.2) is 186 Å². The highest BCUT2D eigenvalue weighted by atomic mass is 16.3. The van der Waals surface area contributed by atoms with Crippen LogP contribution in [0.1, 0.15) is 4.11 Å². The Bertz CT molecular complexity index is 3690. The van der Waals surface area contributed by atoms with Gasteiger partial charge in [-0.2, -0.15) is 0 Å². The maximum atomic E-state index is 10.2. The van der Waals surface area contributed by atoms with Crippen LogP contribution >= 0.6 is 0 Å². The van der Waals surface area contributed by atoms with Crippen molar-refractivity contribution in [1.82, 2.24) is 0 Å². The van der Waals surface area contributed by atoms with E-state index in [4.69, 9.17) is 4.42 Å². The van der Waals surface area contributed by atoms with Gasteiger partial charge in [0.25, 0.3) is 0 Å². The topological polar surface area (TPSA) is 13.1 Å². The predicted molar refractivity (Wildman–Crippen MR) is 235 cm³/mol. The van der Waals surface area contributed by atoms with Gasteiger partial charge in [0.15, 0.2) is 0 Å². The van der Waals surface area contributed by atoms with E-state index in [2.05, 4.69) is 140 Å². The average molecular weight is 698 g/mol. The van der Waals surface area contributed by atoms with E-state index in [1.807, 2.05) is 24.3 Å². The molecule has 0 radical (unpaired) electrons. The molecule has 13 aromatic rings. The lowest BCUT2D eigenvalue weighted by molar-refractivity contribution is 0.669. The molecule has 1 nitrogen and oxygen atoms in total. The van der Waals surface area contributed by atoms with E-state index in [1.165, 1.54) is 10.8 Å². The Balaban J connectivity index is 1.16.